The summed E-state index contributed by atoms with van der Waals surface area (Å²) in [5, 5.41) is 9.26. The van der Waals surface area contributed by atoms with E-state index in [4.69, 9.17) is 0 Å². The van der Waals surface area contributed by atoms with Gasteiger partial charge in [0.15, 0.2) is 5.60 Å². The molecule has 0 amide bonds. The van der Waals surface area contributed by atoms with Crippen LogP contribution in [0.15, 0.2) is 0 Å². The van der Waals surface area contributed by atoms with Crippen molar-refractivity contribution in [3.05, 3.63) is 0 Å². The highest BCUT2D eigenvalue weighted by atomic mass is 16.5. The summed E-state index contributed by atoms with van der Waals surface area (Å²) in [7, 11) is 1.16. The Morgan fingerprint density at radius 3 is 2.27 bits per heavy atom. The van der Waals surface area contributed by atoms with Crippen LogP contribution < -0.4 is 0 Å². The van der Waals surface area contributed by atoms with Crippen molar-refractivity contribution in [2.75, 3.05) is 7.11 Å². The van der Waals surface area contributed by atoms with Crippen LogP contribution in [0, 0.1) is 0 Å². The number of ether oxygens (including phenoxy) is 1. The fourth-order valence-electron chi connectivity index (χ4n) is 0.777. The van der Waals surface area contributed by atoms with E-state index < -0.39 is 11.6 Å². The fourth-order valence-corrected chi connectivity index (χ4v) is 0.777. The van der Waals surface area contributed by atoms with Crippen LogP contribution >= 0.6 is 0 Å². The number of hydrogen-bond acceptors (Lipinski definition) is 4. The van der Waals surface area contributed by atoms with Crippen LogP contribution in [0.2, 0.25) is 0 Å². The van der Waals surface area contributed by atoms with Crippen LogP contribution in [0.25, 0.3) is 0 Å². The Balaban J connectivity index is 4.21. The van der Waals surface area contributed by atoms with Crippen molar-refractivity contribution in [1.29, 1.82) is 0 Å². The van der Waals surface area contributed by atoms with E-state index in [1.165, 1.54) is 13.8 Å². The molecule has 0 aliphatic heterocycles. The van der Waals surface area contributed by atoms with Crippen molar-refractivity contribution in [3.63, 3.8) is 0 Å². The number of carbonyl (C=O) groups excluding carboxylic acids is 2. The van der Waals surface area contributed by atoms with E-state index in [2.05, 4.69) is 4.74 Å². The Morgan fingerprint density at radius 1 is 1.55 bits per heavy atom. The molecule has 11 heavy (non-hydrogen) atoms. The first-order chi connectivity index (χ1) is 4.90. The normalized spacial score (nSPS) is 15.3. The van der Waals surface area contributed by atoms with Gasteiger partial charge in [0.1, 0.15) is 5.78 Å². The van der Waals surface area contributed by atoms with E-state index >= 15 is 0 Å². The third-order valence-corrected chi connectivity index (χ3v) is 1.22. The van der Waals surface area contributed by atoms with Gasteiger partial charge in [-0.2, -0.15) is 0 Å². The van der Waals surface area contributed by atoms with Crippen molar-refractivity contribution in [2.24, 2.45) is 0 Å². The molecule has 0 radical (unpaired) electrons. The second kappa shape index (κ2) is 3.48. The number of aliphatic hydroxyl groups is 1. The molecule has 0 rings (SSSR count). The summed E-state index contributed by atoms with van der Waals surface area (Å²) in [6, 6.07) is 0. The number of hydrogen-bond donors (Lipinski definition) is 1. The van der Waals surface area contributed by atoms with Crippen LogP contribution in [0.1, 0.15) is 20.3 Å². The molecule has 0 aromatic heterocycles. The highest BCUT2D eigenvalue weighted by Crippen LogP contribution is 2.10. The molecule has 0 saturated heterocycles. The molecule has 0 aliphatic carbocycles. The van der Waals surface area contributed by atoms with E-state index in [1.807, 2.05) is 0 Å². The molecule has 0 fully saturated rings. The van der Waals surface area contributed by atoms with Gasteiger partial charge in [-0.25, -0.2) is 4.79 Å². The van der Waals surface area contributed by atoms with Crippen LogP contribution in [0.4, 0.5) is 0 Å². The topological polar surface area (TPSA) is 63.6 Å². The van der Waals surface area contributed by atoms with Gasteiger partial charge in [-0.3, -0.25) is 4.79 Å². The number of carbonyl (C=O) groups is 2. The summed E-state index contributed by atoms with van der Waals surface area (Å²) in [6.45, 7) is 2.55. The van der Waals surface area contributed by atoms with Crippen molar-refractivity contribution in [3.8, 4) is 0 Å². The molecule has 0 aromatic carbocycles. The lowest BCUT2D eigenvalue weighted by atomic mass is 10.0. The first kappa shape index (κ1) is 10.1. The predicted molar refractivity (Wildman–Crippen MR) is 37.9 cm³/mol. The van der Waals surface area contributed by atoms with Crippen LogP contribution in [-0.2, 0) is 14.3 Å². The highest BCUT2D eigenvalue weighted by Gasteiger charge is 2.32. The highest BCUT2D eigenvalue weighted by molar-refractivity contribution is 5.87. The molecule has 4 heteroatoms. The third kappa shape index (κ3) is 3.13. The SMILES string of the molecule is COC(=O)C(C)(O)CC(C)=O. The fraction of sp³-hybridized carbons (Fsp3) is 0.714. The molecule has 1 atom stereocenters. The Labute approximate surface area is 65.2 Å². The number of methoxy groups -OCH3 is 1. The smallest absolute Gasteiger partial charge is 0.338 e. The molecule has 0 aromatic rings. The van der Waals surface area contributed by atoms with Gasteiger partial charge in [0.05, 0.1) is 7.11 Å². The maximum atomic E-state index is 10.7. The standard InChI is InChI=1S/C7H12O4/c1-5(8)4-7(2,10)6(9)11-3/h10H,4H2,1-3H3. The Hall–Kier alpha value is -0.900. The van der Waals surface area contributed by atoms with Crippen molar-refractivity contribution < 1.29 is 19.4 Å². The number of ketones is 1. The van der Waals surface area contributed by atoms with E-state index in [0.29, 0.717) is 0 Å². The Kier molecular flexibility index (Phi) is 3.19. The van der Waals surface area contributed by atoms with E-state index in [0.717, 1.165) is 7.11 Å². The Morgan fingerprint density at radius 2 is 2.00 bits per heavy atom. The molecular formula is C7H12O4. The zero-order chi connectivity index (χ0) is 9.07. The van der Waals surface area contributed by atoms with Gasteiger partial charge in [-0.05, 0) is 13.8 Å². The lowest BCUT2D eigenvalue weighted by Gasteiger charge is -2.17. The summed E-state index contributed by atoms with van der Waals surface area (Å²) >= 11 is 0. The van der Waals surface area contributed by atoms with Gasteiger partial charge < -0.3 is 9.84 Å². The maximum absolute atomic E-state index is 10.7. The monoisotopic (exact) mass is 160 g/mol. The first-order valence-electron chi connectivity index (χ1n) is 3.20. The Bertz CT molecular complexity index is 171. The molecule has 1 unspecified atom stereocenters. The summed E-state index contributed by atoms with van der Waals surface area (Å²) in [5.74, 6) is -1.03. The van der Waals surface area contributed by atoms with Gasteiger partial charge in [-0.1, -0.05) is 0 Å². The summed E-state index contributed by atoms with van der Waals surface area (Å²) in [6.07, 6.45) is -0.209. The molecule has 0 spiro atoms. The summed E-state index contributed by atoms with van der Waals surface area (Å²) < 4.78 is 4.27. The predicted octanol–water partition coefficient (Wildman–Crippen LogP) is -0.111. The van der Waals surface area contributed by atoms with Crippen LogP contribution in [-0.4, -0.2) is 29.6 Å². The van der Waals surface area contributed by atoms with Gasteiger partial charge >= 0.3 is 5.97 Å². The molecular weight excluding hydrogens is 148 g/mol. The van der Waals surface area contributed by atoms with Crippen molar-refractivity contribution in [2.45, 2.75) is 25.9 Å². The van der Waals surface area contributed by atoms with Crippen molar-refractivity contribution >= 4 is 11.8 Å². The van der Waals surface area contributed by atoms with E-state index in [-0.39, 0.29) is 12.2 Å². The number of rotatable bonds is 3. The molecule has 0 bridgehead atoms. The zero-order valence-corrected chi connectivity index (χ0v) is 6.88. The minimum atomic E-state index is -1.68. The molecule has 0 heterocycles. The van der Waals surface area contributed by atoms with Crippen LogP contribution in [0.5, 0.6) is 0 Å². The third-order valence-electron chi connectivity index (χ3n) is 1.22. The lowest BCUT2D eigenvalue weighted by Crippen LogP contribution is -2.37. The first-order valence-corrected chi connectivity index (χ1v) is 3.20. The van der Waals surface area contributed by atoms with Crippen LogP contribution in [0.3, 0.4) is 0 Å². The average Bonchev–Trinajstić information content (AvgIpc) is 1.83. The second-order valence-corrected chi connectivity index (χ2v) is 2.64. The molecule has 0 aliphatic rings. The van der Waals surface area contributed by atoms with E-state index in [1.54, 1.807) is 0 Å². The molecule has 64 valence electrons. The summed E-state index contributed by atoms with van der Waals surface area (Å²) in [4.78, 5) is 21.3. The van der Waals surface area contributed by atoms with E-state index in [9.17, 15) is 14.7 Å². The average molecular weight is 160 g/mol. The molecule has 1 N–H and O–H groups in total. The van der Waals surface area contributed by atoms with Gasteiger partial charge in [-0.15, -0.1) is 0 Å². The number of esters is 1. The largest absolute Gasteiger partial charge is 0.467 e. The quantitative estimate of drug-likeness (QED) is 0.585. The number of Topliss-reactive ketones (excluding diaryl/α,β-unsaturated/α-hetero) is 1. The maximum Gasteiger partial charge on any atom is 0.338 e. The summed E-state index contributed by atoms with van der Waals surface area (Å²) in [5.41, 5.74) is -1.68. The van der Waals surface area contributed by atoms with Gasteiger partial charge in [0.2, 0.25) is 0 Å². The van der Waals surface area contributed by atoms with Gasteiger partial charge in [0.25, 0.3) is 0 Å². The lowest BCUT2D eigenvalue weighted by molar-refractivity contribution is -0.162. The van der Waals surface area contributed by atoms with Crippen molar-refractivity contribution in [1.82, 2.24) is 0 Å². The van der Waals surface area contributed by atoms with Gasteiger partial charge in [0, 0.05) is 6.42 Å². The molecule has 4 nitrogen and oxygen atoms in total. The minimum Gasteiger partial charge on any atom is -0.467 e. The molecule has 0 saturated carbocycles. The minimum absolute atomic E-state index is 0.209. The second-order valence-electron chi connectivity index (χ2n) is 2.64. The zero-order valence-electron chi connectivity index (χ0n) is 6.88.